The molecule has 0 fully saturated rings. The first kappa shape index (κ1) is 15.0. The van der Waals surface area contributed by atoms with Crippen LogP contribution >= 0.6 is 0 Å². The quantitative estimate of drug-likeness (QED) is 0.585. The van der Waals surface area contributed by atoms with Gasteiger partial charge in [-0.2, -0.15) is 18.3 Å². The molecule has 0 spiro atoms. The normalized spacial score (nSPS) is 12.0. The first-order valence-electron chi connectivity index (χ1n) is 6.69. The number of hydrogen-bond donors (Lipinski definition) is 1. The lowest BCUT2D eigenvalue weighted by Crippen LogP contribution is -2.04. The summed E-state index contributed by atoms with van der Waals surface area (Å²) in [6.07, 6.45) is 0.436. The lowest BCUT2D eigenvalue weighted by molar-refractivity contribution is -0.137. The second kappa shape index (κ2) is 6.04. The van der Waals surface area contributed by atoms with Crippen LogP contribution < -0.4 is 5.43 Å². The van der Waals surface area contributed by atoms with Gasteiger partial charge < -0.3 is 0 Å². The summed E-state index contributed by atoms with van der Waals surface area (Å²) in [6, 6.07) is 10.1. The predicted octanol–water partition coefficient (Wildman–Crippen LogP) is 4.09. The number of nitrogens with zero attached hydrogens (tertiary/aromatic N) is 3. The van der Waals surface area contributed by atoms with Crippen molar-refractivity contribution in [3.05, 3.63) is 66.0 Å². The van der Waals surface area contributed by atoms with Gasteiger partial charge in [0.1, 0.15) is 0 Å². The number of hydrogen-bond acceptors (Lipinski definition) is 4. The maximum atomic E-state index is 12.5. The molecule has 0 saturated heterocycles. The Hall–Kier alpha value is -2.96. The average Bonchev–Trinajstić information content (AvgIpc) is 2.54. The molecule has 116 valence electrons. The Morgan fingerprint density at radius 3 is 2.30 bits per heavy atom. The van der Waals surface area contributed by atoms with Crippen molar-refractivity contribution in [3.8, 4) is 0 Å². The zero-order valence-electron chi connectivity index (χ0n) is 11.7. The monoisotopic (exact) mass is 316 g/mol. The van der Waals surface area contributed by atoms with Crippen LogP contribution in [0.4, 0.5) is 18.9 Å². The molecule has 1 aromatic heterocycles. The Morgan fingerprint density at radius 2 is 1.61 bits per heavy atom. The van der Waals surface area contributed by atoms with Crippen LogP contribution in [0.2, 0.25) is 0 Å². The van der Waals surface area contributed by atoms with Crippen molar-refractivity contribution in [2.45, 2.75) is 6.18 Å². The number of alkyl halides is 3. The Balaban J connectivity index is 1.70. The molecule has 0 aliphatic carbocycles. The van der Waals surface area contributed by atoms with Crippen molar-refractivity contribution in [1.82, 2.24) is 9.97 Å². The maximum Gasteiger partial charge on any atom is 0.416 e. The molecular weight excluding hydrogens is 305 g/mol. The molecule has 1 N–H and O–H groups in total. The van der Waals surface area contributed by atoms with Gasteiger partial charge in [0.05, 0.1) is 28.5 Å². The molecule has 7 heteroatoms. The van der Waals surface area contributed by atoms with Gasteiger partial charge in [0, 0.05) is 12.4 Å². The van der Waals surface area contributed by atoms with E-state index in [0.717, 1.165) is 28.7 Å². The van der Waals surface area contributed by atoms with Crippen molar-refractivity contribution in [2.75, 3.05) is 5.43 Å². The number of rotatable bonds is 3. The van der Waals surface area contributed by atoms with Crippen molar-refractivity contribution in [2.24, 2.45) is 5.10 Å². The highest BCUT2D eigenvalue weighted by Gasteiger charge is 2.29. The SMILES string of the molecule is FC(F)(F)c1ccc(N/N=C/c2ccc3nccnc3c2)cc1. The van der Waals surface area contributed by atoms with Gasteiger partial charge in [0.15, 0.2) is 0 Å². The van der Waals surface area contributed by atoms with Gasteiger partial charge in [-0.3, -0.25) is 15.4 Å². The first-order chi connectivity index (χ1) is 11.0. The highest BCUT2D eigenvalue weighted by atomic mass is 19.4. The molecule has 3 aromatic rings. The van der Waals surface area contributed by atoms with E-state index in [0.29, 0.717) is 5.69 Å². The minimum Gasteiger partial charge on any atom is -0.279 e. The summed E-state index contributed by atoms with van der Waals surface area (Å²) in [5, 5.41) is 4.01. The fourth-order valence-corrected chi connectivity index (χ4v) is 1.98. The summed E-state index contributed by atoms with van der Waals surface area (Å²) in [4.78, 5) is 8.35. The molecule has 0 unspecified atom stereocenters. The fraction of sp³-hybridized carbons (Fsp3) is 0.0625. The van der Waals surface area contributed by atoms with E-state index in [1.807, 2.05) is 18.2 Å². The number of hydrazone groups is 1. The smallest absolute Gasteiger partial charge is 0.279 e. The average molecular weight is 316 g/mol. The number of fused-ring (bicyclic) bond motifs is 1. The Kier molecular flexibility index (Phi) is 3.92. The molecule has 0 saturated carbocycles. The van der Waals surface area contributed by atoms with Crippen LogP contribution in [-0.4, -0.2) is 16.2 Å². The van der Waals surface area contributed by atoms with Gasteiger partial charge in [-0.1, -0.05) is 6.07 Å². The summed E-state index contributed by atoms with van der Waals surface area (Å²) in [5.74, 6) is 0. The molecule has 0 bridgehead atoms. The largest absolute Gasteiger partial charge is 0.416 e. The van der Waals surface area contributed by atoms with E-state index in [9.17, 15) is 13.2 Å². The summed E-state index contributed by atoms with van der Waals surface area (Å²) in [5.41, 5.74) is 4.78. The number of aromatic nitrogens is 2. The second-order valence-corrected chi connectivity index (χ2v) is 4.75. The third-order valence-electron chi connectivity index (χ3n) is 3.11. The first-order valence-corrected chi connectivity index (χ1v) is 6.69. The zero-order valence-corrected chi connectivity index (χ0v) is 11.7. The minimum atomic E-state index is -4.34. The Morgan fingerprint density at radius 1 is 0.913 bits per heavy atom. The fourth-order valence-electron chi connectivity index (χ4n) is 1.98. The van der Waals surface area contributed by atoms with Gasteiger partial charge in [0.2, 0.25) is 0 Å². The molecule has 0 aliphatic heterocycles. The van der Waals surface area contributed by atoms with E-state index in [1.54, 1.807) is 18.6 Å². The molecule has 1 heterocycles. The Labute approximate surface area is 129 Å². The van der Waals surface area contributed by atoms with Crippen LogP contribution in [0.5, 0.6) is 0 Å². The third-order valence-corrected chi connectivity index (χ3v) is 3.11. The molecule has 0 amide bonds. The molecule has 4 nitrogen and oxygen atoms in total. The van der Waals surface area contributed by atoms with Gasteiger partial charge >= 0.3 is 6.18 Å². The lowest BCUT2D eigenvalue weighted by atomic mass is 10.2. The topological polar surface area (TPSA) is 50.2 Å². The summed E-state index contributed by atoms with van der Waals surface area (Å²) < 4.78 is 37.4. The third kappa shape index (κ3) is 3.63. The summed E-state index contributed by atoms with van der Waals surface area (Å²) >= 11 is 0. The number of halogens is 3. The zero-order chi connectivity index (χ0) is 16.3. The standard InChI is InChI=1S/C16H11F3N4/c17-16(18,19)12-2-4-13(5-3-12)23-22-10-11-1-6-14-15(9-11)21-8-7-20-14/h1-10,23H/b22-10+. The second-order valence-electron chi connectivity index (χ2n) is 4.75. The van der Waals surface area contributed by atoms with Crippen molar-refractivity contribution >= 4 is 22.9 Å². The molecule has 23 heavy (non-hydrogen) atoms. The Bertz CT molecular complexity index is 842. The molecule has 0 radical (unpaired) electrons. The highest BCUT2D eigenvalue weighted by molar-refractivity contribution is 5.86. The van der Waals surface area contributed by atoms with Crippen LogP contribution in [0.25, 0.3) is 11.0 Å². The molecule has 0 atom stereocenters. The summed E-state index contributed by atoms with van der Waals surface area (Å²) in [6.45, 7) is 0. The van der Waals surface area contributed by atoms with E-state index in [-0.39, 0.29) is 0 Å². The predicted molar refractivity (Wildman–Crippen MR) is 82.2 cm³/mol. The molecule has 3 rings (SSSR count). The highest BCUT2D eigenvalue weighted by Crippen LogP contribution is 2.29. The molecule has 0 aliphatic rings. The van der Waals surface area contributed by atoms with E-state index >= 15 is 0 Å². The van der Waals surface area contributed by atoms with Gasteiger partial charge in [-0.05, 0) is 42.0 Å². The number of nitrogens with one attached hydrogen (secondary N) is 1. The van der Waals surface area contributed by atoms with Crippen LogP contribution in [-0.2, 0) is 6.18 Å². The number of anilines is 1. The van der Waals surface area contributed by atoms with Gasteiger partial charge in [-0.15, -0.1) is 0 Å². The lowest BCUT2D eigenvalue weighted by Gasteiger charge is -2.07. The molecular formula is C16H11F3N4. The minimum absolute atomic E-state index is 0.467. The molecule has 2 aromatic carbocycles. The maximum absolute atomic E-state index is 12.5. The van der Waals surface area contributed by atoms with Crippen LogP contribution in [0.1, 0.15) is 11.1 Å². The van der Waals surface area contributed by atoms with Crippen LogP contribution in [0.15, 0.2) is 60.0 Å². The number of benzene rings is 2. The van der Waals surface area contributed by atoms with Crippen LogP contribution in [0, 0.1) is 0 Å². The van der Waals surface area contributed by atoms with Crippen molar-refractivity contribution < 1.29 is 13.2 Å². The van der Waals surface area contributed by atoms with Gasteiger partial charge in [-0.25, -0.2) is 0 Å². The van der Waals surface area contributed by atoms with E-state index in [2.05, 4.69) is 20.5 Å². The van der Waals surface area contributed by atoms with Gasteiger partial charge in [0.25, 0.3) is 0 Å². The summed E-state index contributed by atoms with van der Waals surface area (Å²) in [7, 11) is 0. The van der Waals surface area contributed by atoms with Crippen LogP contribution in [0.3, 0.4) is 0 Å². The van der Waals surface area contributed by atoms with E-state index < -0.39 is 11.7 Å². The van der Waals surface area contributed by atoms with E-state index in [1.165, 1.54) is 12.1 Å². The van der Waals surface area contributed by atoms with E-state index in [4.69, 9.17) is 0 Å². The van der Waals surface area contributed by atoms with Crippen molar-refractivity contribution in [1.29, 1.82) is 0 Å². The van der Waals surface area contributed by atoms with Crippen molar-refractivity contribution in [3.63, 3.8) is 0 Å².